The minimum atomic E-state index is -0.00366. The molecule has 0 heterocycles. The monoisotopic (exact) mass is 326 g/mol. The zero-order chi connectivity index (χ0) is 17.2. The molecule has 0 atom stereocenters. The fourth-order valence-corrected chi connectivity index (χ4v) is 2.29. The van der Waals surface area contributed by atoms with Crippen LogP contribution in [-0.2, 0) is 0 Å². The van der Waals surface area contributed by atoms with Crippen molar-refractivity contribution in [1.29, 1.82) is 0 Å². The van der Waals surface area contributed by atoms with Crippen LogP contribution in [0.25, 0.3) is 0 Å². The minimum Gasteiger partial charge on any atom is -0.490 e. The largest absolute Gasteiger partial charge is 0.490 e. The number of benzene rings is 2. The maximum absolute atomic E-state index is 12.6. The van der Waals surface area contributed by atoms with E-state index < -0.39 is 0 Å². The summed E-state index contributed by atoms with van der Waals surface area (Å²) in [5.41, 5.74) is 1.30. The van der Waals surface area contributed by atoms with Gasteiger partial charge in [-0.3, -0.25) is 4.79 Å². The second kappa shape index (κ2) is 9.76. The molecular weight excluding hydrogens is 300 g/mol. The molecular formula is C21H26O3. The van der Waals surface area contributed by atoms with Crippen molar-refractivity contribution in [2.24, 2.45) is 0 Å². The fourth-order valence-electron chi connectivity index (χ4n) is 2.29. The van der Waals surface area contributed by atoms with Crippen molar-refractivity contribution in [2.75, 3.05) is 13.2 Å². The van der Waals surface area contributed by atoms with Gasteiger partial charge in [0, 0.05) is 11.1 Å². The first kappa shape index (κ1) is 18.1. The molecule has 0 aromatic heterocycles. The number of carbonyl (C=O) groups excluding carboxylic acids is 1. The second-order valence-corrected chi connectivity index (χ2v) is 5.76. The topological polar surface area (TPSA) is 35.5 Å². The summed E-state index contributed by atoms with van der Waals surface area (Å²) in [6, 6.07) is 14.7. The van der Waals surface area contributed by atoms with Gasteiger partial charge in [0.25, 0.3) is 0 Å². The molecule has 0 aliphatic rings. The fraction of sp³-hybridized carbons (Fsp3) is 0.381. The van der Waals surface area contributed by atoms with Crippen LogP contribution in [0.3, 0.4) is 0 Å². The van der Waals surface area contributed by atoms with Crippen molar-refractivity contribution < 1.29 is 14.3 Å². The van der Waals surface area contributed by atoms with E-state index in [0.29, 0.717) is 35.8 Å². The van der Waals surface area contributed by atoms with Crippen LogP contribution in [0, 0.1) is 0 Å². The molecule has 0 saturated heterocycles. The Bertz CT molecular complexity index is 635. The molecule has 0 fully saturated rings. The molecule has 0 radical (unpaired) electrons. The zero-order valence-electron chi connectivity index (χ0n) is 14.6. The average molecular weight is 326 g/mol. The molecule has 2 rings (SSSR count). The Hall–Kier alpha value is -2.29. The quantitative estimate of drug-likeness (QED) is 0.440. The van der Waals surface area contributed by atoms with Gasteiger partial charge in [-0.1, -0.05) is 57.0 Å². The lowest BCUT2D eigenvalue weighted by Gasteiger charge is -2.14. The van der Waals surface area contributed by atoms with Gasteiger partial charge < -0.3 is 9.47 Å². The summed E-state index contributed by atoms with van der Waals surface area (Å²) in [5, 5.41) is 0. The van der Waals surface area contributed by atoms with E-state index in [2.05, 4.69) is 13.8 Å². The molecule has 2 aromatic rings. The van der Waals surface area contributed by atoms with Crippen LogP contribution in [0.1, 0.15) is 55.5 Å². The number of rotatable bonds is 10. The Kier molecular flexibility index (Phi) is 7.34. The molecule has 3 heteroatoms. The number of unbranched alkanes of at least 4 members (excludes halogenated alkanes) is 2. The van der Waals surface area contributed by atoms with Crippen LogP contribution in [-0.4, -0.2) is 19.0 Å². The number of ether oxygens (including phenoxy) is 2. The summed E-state index contributed by atoms with van der Waals surface area (Å²) in [5.74, 6) is 1.36. The molecule has 0 aliphatic carbocycles. The van der Waals surface area contributed by atoms with Crippen LogP contribution in [0.5, 0.6) is 11.5 Å². The van der Waals surface area contributed by atoms with Crippen molar-refractivity contribution >= 4 is 5.78 Å². The highest BCUT2D eigenvalue weighted by atomic mass is 16.5. The Morgan fingerprint density at radius 3 is 2.04 bits per heavy atom. The molecule has 3 nitrogen and oxygen atoms in total. The van der Waals surface area contributed by atoms with Crippen molar-refractivity contribution in [3.8, 4) is 11.5 Å². The van der Waals surface area contributed by atoms with Gasteiger partial charge >= 0.3 is 0 Å². The normalized spacial score (nSPS) is 10.4. The molecule has 0 amide bonds. The first-order valence-corrected chi connectivity index (χ1v) is 8.75. The number of hydrogen-bond donors (Lipinski definition) is 0. The third kappa shape index (κ3) is 5.12. The third-order valence-corrected chi connectivity index (χ3v) is 3.75. The van der Waals surface area contributed by atoms with Crippen LogP contribution >= 0.6 is 0 Å². The van der Waals surface area contributed by atoms with Gasteiger partial charge in [-0.15, -0.1) is 0 Å². The van der Waals surface area contributed by atoms with Crippen LogP contribution < -0.4 is 9.47 Å². The standard InChI is InChI=1S/C21H26O3/c1-3-5-14-23-19-13-12-18(16-20(19)24-15-6-4-2)21(22)17-10-8-7-9-11-17/h7-13,16H,3-6,14-15H2,1-2H3. The van der Waals surface area contributed by atoms with Crippen LogP contribution in [0.4, 0.5) is 0 Å². The van der Waals surface area contributed by atoms with Gasteiger partial charge in [-0.25, -0.2) is 0 Å². The average Bonchev–Trinajstić information content (AvgIpc) is 2.63. The maximum Gasteiger partial charge on any atom is 0.193 e. The van der Waals surface area contributed by atoms with E-state index in [0.717, 1.165) is 25.7 Å². The Labute approximate surface area is 144 Å². The summed E-state index contributed by atoms with van der Waals surface area (Å²) in [7, 11) is 0. The van der Waals surface area contributed by atoms with E-state index >= 15 is 0 Å². The van der Waals surface area contributed by atoms with Crippen LogP contribution in [0.15, 0.2) is 48.5 Å². The maximum atomic E-state index is 12.6. The van der Waals surface area contributed by atoms with Gasteiger partial charge in [0.05, 0.1) is 13.2 Å². The Morgan fingerprint density at radius 1 is 0.792 bits per heavy atom. The number of carbonyl (C=O) groups is 1. The molecule has 0 aliphatic heterocycles. The van der Waals surface area contributed by atoms with E-state index in [9.17, 15) is 4.79 Å². The van der Waals surface area contributed by atoms with Crippen molar-refractivity contribution in [2.45, 2.75) is 39.5 Å². The first-order chi connectivity index (χ1) is 11.8. The Balaban J connectivity index is 2.20. The highest BCUT2D eigenvalue weighted by Crippen LogP contribution is 2.30. The number of ketones is 1. The first-order valence-electron chi connectivity index (χ1n) is 8.75. The van der Waals surface area contributed by atoms with Gasteiger partial charge in [-0.2, -0.15) is 0 Å². The van der Waals surface area contributed by atoms with Crippen molar-refractivity contribution in [1.82, 2.24) is 0 Å². The van der Waals surface area contributed by atoms with Crippen molar-refractivity contribution in [3.63, 3.8) is 0 Å². The highest BCUT2D eigenvalue weighted by Gasteiger charge is 2.13. The van der Waals surface area contributed by atoms with E-state index in [1.165, 1.54) is 0 Å². The molecule has 128 valence electrons. The number of hydrogen-bond acceptors (Lipinski definition) is 3. The van der Waals surface area contributed by atoms with Crippen molar-refractivity contribution in [3.05, 3.63) is 59.7 Å². The van der Waals surface area contributed by atoms with E-state index in [1.807, 2.05) is 42.5 Å². The van der Waals surface area contributed by atoms with Gasteiger partial charge in [0.1, 0.15) is 0 Å². The Morgan fingerprint density at radius 2 is 1.42 bits per heavy atom. The van der Waals surface area contributed by atoms with E-state index in [4.69, 9.17) is 9.47 Å². The summed E-state index contributed by atoms with van der Waals surface area (Å²) >= 11 is 0. The summed E-state index contributed by atoms with van der Waals surface area (Å²) in [4.78, 5) is 12.6. The van der Waals surface area contributed by atoms with Gasteiger partial charge in [0.15, 0.2) is 17.3 Å². The summed E-state index contributed by atoms with van der Waals surface area (Å²) < 4.78 is 11.7. The molecule has 0 spiro atoms. The predicted molar refractivity (Wildman–Crippen MR) is 97.1 cm³/mol. The molecule has 2 aromatic carbocycles. The minimum absolute atomic E-state index is 0.00366. The van der Waals surface area contributed by atoms with Gasteiger partial charge in [0.2, 0.25) is 0 Å². The van der Waals surface area contributed by atoms with E-state index in [-0.39, 0.29) is 5.78 Å². The summed E-state index contributed by atoms with van der Waals surface area (Å²) in [6.07, 6.45) is 4.12. The lowest BCUT2D eigenvalue weighted by molar-refractivity contribution is 0.103. The van der Waals surface area contributed by atoms with Crippen LogP contribution in [0.2, 0.25) is 0 Å². The second-order valence-electron chi connectivity index (χ2n) is 5.76. The van der Waals surface area contributed by atoms with E-state index in [1.54, 1.807) is 6.07 Å². The highest BCUT2D eigenvalue weighted by molar-refractivity contribution is 6.09. The van der Waals surface area contributed by atoms with Gasteiger partial charge in [-0.05, 0) is 31.0 Å². The molecule has 0 N–H and O–H groups in total. The smallest absolute Gasteiger partial charge is 0.193 e. The summed E-state index contributed by atoms with van der Waals surface area (Å²) in [6.45, 7) is 5.54. The zero-order valence-corrected chi connectivity index (χ0v) is 14.6. The SMILES string of the molecule is CCCCOc1ccc(C(=O)c2ccccc2)cc1OCCCC. The molecule has 0 saturated carbocycles. The lowest BCUT2D eigenvalue weighted by Crippen LogP contribution is -2.05. The molecule has 24 heavy (non-hydrogen) atoms. The molecule has 0 bridgehead atoms. The third-order valence-electron chi connectivity index (χ3n) is 3.75. The predicted octanol–water partition coefficient (Wildman–Crippen LogP) is 5.28. The molecule has 0 unspecified atom stereocenters. The lowest BCUT2D eigenvalue weighted by atomic mass is 10.0.